The molecule has 1 fully saturated rings. The Morgan fingerprint density at radius 2 is 2.18 bits per heavy atom. The molecule has 1 aliphatic heterocycles. The molecule has 0 aromatic rings. The van der Waals surface area contributed by atoms with Crippen molar-refractivity contribution in [2.45, 2.75) is 33.2 Å². The Hall–Kier alpha value is -0.380. The summed E-state index contributed by atoms with van der Waals surface area (Å²) >= 11 is 0. The normalized spacial score (nSPS) is 22.6. The van der Waals surface area contributed by atoms with E-state index in [9.17, 15) is 0 Å². The van der Waals surface area contributed by atoms with Gasteiger partial charge in [-0.2, -0.15) is 0 Å². The van der Waals surface area contributed by atoms with Crippen molar-refractivity contribution in [1.82, 2.24) is 10.2 Å². The highest BCUT2D eigenvalue weighted by molar-refractivity contribution is 4.87. The van der Waals surface area contributed by atoms with E-state index in [1.165, 1.54) is 0 Å². The van der Waals surface area contributed by atoms with E-state index in [-0.39, 0.29) is 0 Å². The number of nitrogens with zero attached hydrogens (tertiary/aromatic N) is 1. The molecule has 100 valence electrons. The molecule has 1 aliphatic rings. The average molecular weight is 240 g/mol. The fourth-order valence-corrected chi connectivity index (χ4v) is 2.06. The molecular weight excluding hydrogens is 212 g/mol. The molecule has 1 N–H and O–H groups in total. The summed E-state index contributed by atoms with van der Waals surface area (Å²) in [5, 5.41) is 3.60. The number of hydrogen-bond acceptors (Lipinski definition) is 3. The number of rotatable bonds is 6. The van der Waals surface area contributed by atoms with Gasteiger partial charge in [0.15, 0.2) is 0 Å². The van der Waals surface area contributed by atoms with Crippen molar-refractivity contribution in [3.05, 3.63) is 12.7 Å². The number of piperazine rings is 1. The predicted molar refractivity (Wildman–Crippen MR) is 73.3 cm³/mol. The molecule has 0 radical (unpaired) electrons. The lowest BCUT2D eigenvalue weighted by molar-refractivity contribution is 0.0782. The molecule has 0 spiro atoms. The van der Waals surface area contributed by atoms with Crippen molar-refractivity contribution >= 4 is 0 Å². The second-order valence-electron chi connectivity index (χ2n) is 5.86. The van der Waals surface area contributed by atoms with Gasteiger partial charge in [0.25, 0.3) is 0 Å². The van der Waals surface area contributed by atoms with E-state index < -0.39 is 0 Å². The van der Waals surface area contributed by atoms with Gasteiger partial charge in [-0.3, -0.25) is 4.90 Å². The summed E-state index contributed by atoms with van der Waals surface area (Å²) in [4.78, 5) is 2.50. The standard InChI is InChI=1S/C14H28N2O/c1-5-6-10-17-11-9-16-8-7-15-13(12-16)14(2,3)4/h5,13,15H,1,6-12H2,2-4H3. The van der Waals surface area contributed by atoms with Crippen LogP contribution < -0.4 is 5.32 Å². The van der Waals surface area contributed by atoms with E-state index >= 15 is 0 Å². The van der Waals surface area contributed by atoms with Gasteiger partial charge in [0, 0.05) is 32.2 Å². The van der Waals surface area contributed by atoms with Crippen LogP contribution in [0.25, 0.3) is 0 Å². The lowest BCUT2D eigenvalue weighted by Crippen LogP contribution is -2.56. The molecule has 0 amide bonds. The average Bonchev–Trinajstić information content (AvgIpc) is 2.28. The Kier molecular flexibility index (Phi) is 6.17. The Morgan fingerprint density at radius 3 is 2.82 bits per heavy atom. The summed E-state index contributed by atoms with van der Waals surface area (Å²) in [7, 11) is 0. The van der Waals surface area contributed by atoms with Crippen molar-refractivity contribution in [1.29, 1.82) is 0 Å². The number of hydrogen-bond donors (Lipinski definition) is 1. The molecule has 0 bridgehead atoms. The summed E-state index contributed by atoms with van der Waals surface area (Å²) in [5.41, 5.74) is 0.336. The van der Waals surface area contributed by atoms with Crippen molar-refractivity contribution in [3.63, 3.8) is 0 Å². The minimum absolute atomic E-state index is 0.336. The number of ether oxygens (including phenoxy) is 1. The Bertz CT molecular complexity index is 223. The van der Waals surface area contributed by atoms with E-state index in [2.05, 4.69) is 37.6 Å². The van der Waals surface area contributed by atoms with Crippen LogP contribution in [0.5, 0.6) is 0 Å². The van der Waals surface area contributed by atoms with Gasteiger partial charge in [-0.25, -0.2) is 0 Å². The molecule has 1 heterocycles. The highest BCUT2D eigenvalue weighted by Gasteiger charge is 2.28. The number of nitrogens with one attached hydrogen (secondary N) is 1. The van der Waals surface area contributed by atoms with Gasteiger partial charge in [0.1, 0.15) is 0 Å². The topological polar surface area (TPSA) is 24.5 Å². The van der Waals surface area contributed by atoms with Gasteiger partial charge in [-0.05, 0) is 11.8 Å². The molecule has 0 saturated carbocycles. The van der Waals surface area contributed by atoms with Crippen LogP contribution in [0.4, 0.5) is 0 Å². The third-order valence-electron chi connectivity index (χ3n) is 3.32. The van der Waals surface area contributed by atoms with E-state index in [0.717, 1.165) is 45.8 Å². The molecule has 1 rings (SSSR count). The Balaban J connectivity index is 2.19. The fraction of sp³-hybridized carbons (Fsp3) is 0.857. The maximum Gasteiger partial charge on any atom is 0.0593 e. The van der Waals surface area contributed by atoms with Crippen LogP contribution in [0.15, 0.2) is 12.7 Å². The maximum absolute atomic E-state index is 5.56. The third kappa shape index (κ3) is 5.66. The van der Waals surface area contributed by atoms with Gasteiger partial charge in [-0.15, -0.1) is 6.58 Å². The molecule has 3 nitrogen and oxygen atoms in total. The van der Waals surface area contributed by atoms with Gasteiger partial charge in [0.05, 0.1) is 13.2 Å². The molecule has 1 atom stereocenters. The van der Waals surface area contributed by atoms with Crippen LogP contribution >= 0.6 is 0 Å². The summed E-state index contributed by atoms with van der Waals surface area (Å²) in [6, 6.07) is 0.587. The van der Waals surface area contributed by atoms with Gasteiger partial charge in [-0.1, -0.05) is 26.8 Å². The van der Waals surface area contributed by atoms with Crippen LogP contribution in [0, 0.1) is 5.41 Å². The first-order valence-corrected chi connectivity index (χ1v) is 6.68. The molecule has 0 aliphatic carbocycles. The fourth-order valence-electron chi connectivity index (χ4n) is 2.06. The lowest BCUT2D eigenvalue weighted by atomic mass is 9.85. The first kappa shape index (κ1) is 14.7. The van der Waals surface area contributed by atoms with E-state index in [4.69, 9.17) is 4.74 Å². The second kappa shape index (κ2) is 7.14. The van der Waals surface area contributed by atoms with Crippen molar-refractivity contribution < 1.29 is 4.74 Å². The zero-order valence-corrected chi connectivity index (χ0v) is 11.7. The minimum Gasteiger partial charge on any atom is -0.380 e. The van der Waals surface area contributed by atoms with Gasteiger partial charge < -0.3 is 10.1 Å². The van der Waals surface area contributed by atoms with E-state index in [1.54, 1.807) is 0 Å². The molecule has 1 saturated heterocycles. The summed E-state index contributed by atoms with van der Waals surface area (Å²) in [6.07, 6.45) is 2.85. The quantitative estimate of drug-likeness (QED) is 0.567. The molecule has 0 aromatic heterocycles. The smallest absolute Gasteiger partial charge is 0.0593 e. The Labute approximate surface area is 106 Å². The molecular formula is C14H28N2O. The molecule has 17 heavy (non-hydrogen) atoms. The van der Waals surface area contributed by atoms with Gasteiger partial charge in [0.2, 0.25) is 0 Å². The second-order valence-corrected chi connectivity index (χ2v) is 5.86. The first-order valence-electron chi connectivity index (χ1n) is 6.68. The van der Waals surface area contributed by atoms with Crippen molar-refractivity contribution in [3.8, 4) is 0 Å². The minimum atomic E-state index is 0.336. The predicted octanol–water partition coefficient (Wildman–Crippen LogP) is 1.90. The zero-order chi connectivity index (χ0) is 12.7. The SMILES string of the molecule is C=CCCOCCN1CCNC(C(C)(C)C)C1. The van der Waals surface area contributed by atoms with Crippen LogP contribution in [-0.4, -0.2) is 50.3 Å². The van der Waals surface area contributed by atoms with E-state index in [0.29, 0.717) is 11.5 Å². The van der Waals surface area contributed by atoms with Crippen LogP contribution in [0.1, 0.15) is 27.2 Å². The van der Waals surface area contributed by atoms with Crippen molar-refractivity contribution in [2.75, 3.05) is 39.4 Å². The third-order valence-corrected chi connectivity index (χ3v) is 3.32. The Morgan fingerprint density at radius 1 is 1.41 bits per heavy atom. The first-order chi connectivity index (χ1) is 8.04. The van der Waals surface area contributed by atoms with Gasteiger partial charge >= 0.3 is 0 Å². The van der Waals surface area contributed by atoms with E-state index in [1.807, 2.05) is 6.08 Å². The van der Waals surface area contributed by atoms with Crippen LogP contribution in [-0.2, 0) is 4.74 Å². The summed E-state index contributed by atoms with van der Waals surface area (Å²) in [5.74, 6) is 0. The lowest BCUT2D eigenvalue weighted by Gasteiger charge is -2.40. The maximum atomic E-state index is 5.56. The molecule has 1 unspecified atom stereocenters. The summed E-state index contributed by atoms with van der Waals surface area (Å²) in [6.45, 7) is 16.6. The van der Waals surface area contributed by atoms with Crippen molar-refractivity contribution in [2.24, 2.45) is 5.41 Å². The largest absolute Gasteiger partial charge is 0.380 e. The zero-order valence-electron chi connectivity index (χ0n) is 11.7. The highest BCUT2D eigenvalue weighted by atomic mass is 16.5. The molecule has 0 aromatic carbocycles. The van der Waals surface area contributed by atoms with Crippen LogP contribution in [0.3, 0.4) is 0 Å². The molecule has 3 heteroatoms. The highest BCUT2D eigenvalue weighted by Crippen LogP contribution is 2.21. The monoisotopic (exact) mass is 240 g/mol. The van der Waals surface area contributed by atoms with Crippen LogP contribution in [0.2, 0.25) is 0 Å². The summed E-state index contributed by atoms with van der Waals surface area (Å²) < 4.78 is 5.56.